The van der Waals surface area contributed by atoms with Crippen LogP contribution in [0.3, 0.4) is 0 Å². The van der Waals surface area contributed by atoms with E-state index in [1.54, 1.807) is 0 Å². The van der Waals surface area contributed by atoms with Crippen molar-refractivity contribution in [1.82, 2.24) is 0 Å². The van der Waals surface area contributed by atoms with E-state index in [0.29, 0.717) is 0 Å². The highest BCUT2D eigenvalue weighted by atomic mass is 16.3. The highest BCUT2D eigenvalue weighted by Gasteiger charge is 2.51. The average molecular weight is 650 g/mol. The smallest absolute Gasteiger partial charge is 0.143 e. The number of nitrogens with zero attached hydrogens (tertiary/aromatic N) is 1. The van der Waals surface area contributed by atoms with E-state index in [2.05, 4.69) is 187 Å². The lowest BCUT2D eigenvalue weighted by Crippen LogP contribution is -2.26. The van der Waals surface area contributed by atoms with Crippen molar-refractivity contribution in [3.05, 3.63) is 210 Å². The first-order valence-electron chi connectivity index (χ1n) is 17.6. The predicted octanol–water partition coefficient (Wildman–Crippen LogP) is 13.1. The number of fused-ring (bicyclic) bond motifs is 13. The first-order chi connectivity index (χ1) is 25.3. The summed E-state index contributed by atoms with van der Waals surface area (Å²) in [6.45, 7) is 0. The second-order valence-corrected chi connectivity index (χ2v) is 13.6. The Morgan fingerprint density at radius 2 is 0.882 bits per heavy atom. The van der Waals surface area contributed by atoms with Crippen LogP contribution in [0.25, 0.3) is 55.3 Å². The van der Waals surface area contributed by atoms with Gasteiger partial charge in [0.2, 0.25) is 0 Å². The zero-order valence-corrected chi connectivity index (χ0v) is 27.8. The number of para-hydroxylation sites is 4. The van der Waals surface area contributed by atoms with E-state index in [9.17, 15) is 0 Å². The van der Waals surface area contributed by atoms with E-state index < -0.39 is 5.41 Å². The number of hydrogen-bond acceptors (Lipinski definition) is 2. The molecule has 2 aliphatic carbocycles. The SMILES string of the molecule is c1ccc(N(c2ccc3c(c2)C2(c4ccccc4-c4ccccc42)c2ccccc2-3)c2ccccc2-c2cccc3c2oc2ccccc23)cc1. The molecule has 1 heterocycles. The third-order valence-corrected chi connectivity index (χ3v) is 11.1. The molecule has 0 bridgehead atoms. The normalized spacial score (nSPS) is 13.3. The molecule has 0 saturated heterocycles. The summed E-state index contributed by atoms with van der Waals surface area (Å²) < 4.78 is 6.59. The number of furan rings is 1. The highest BCUT2D eigenvalue weighted by molar-refractivity contribution is 6.11. The van der Waals surface area contributed by atoms with Gasteiger partial charge in [0.1, 0.15) is 11.2 Å². The van der Waals surface area contributed by atoms with Crippen LogP contribution in [0.2, 0.25) is 0 Å². The van der Waals surface area contributed by atoms with E-state index >= 15 is 0 Å². The van der Waals surface area contributed by atoms with Gasteiger partial charge in [0.05, 0.1) is 11.1 Å². The molecule has 0 amide bonds. The predicted molar refractivity (Wildman–Crippen MR) is 210 cm³/mol. The zero-order chi connectivity index (χ0) is 33.5. The third-order valence-electron chi connectivity index (χ3n) is 11.1. The van der Waals surface area contributed by atoms with Gasteiger partial charge in [-0.25, -0.2) is 0 Å². The van der Waals surface area contributed by atoms with Crippen LogP contribution in [0, 0.1) is 0 Å². The van der Waals surface area contributed by atoms with Gasteiger partial charge >= 0.3 is 0 Å². The Morgan fingerprint density at radius 1 is 0.353 bits per heavy atom. The molecular weight excluding hydrogens is 619 g/mol. The number of benzene rings is 8. The van der Waals surface area contributed by atoms with Gasteiger partial charge in [-0.3, -0.25) is 0 Å². The number of anilines is 3. The van der Waals surface area contributed by atoms with Crippen molar-refractivity contribution in [3.8, 4) is 33.4 Å². The van der Waals surface area contributed by atoms with Gasteiger partial charge in [0, 0.05) is 33.3 Å². The fourth-order valence-corrected chi connectivity index (χ4v) is 9.08. The van der Waals surface area contributed by atoms with Crippen LogP contribution in [0.4, 0.5) is 17.1 Å². The first kappa shape index (κ1) is 28.2. The first-order valence-corrected chi connectivity index (χ1v) is 17.6. The van der Waals surface area contributed by atoms with E-state index in [1.807, 2.05) is 6.07 Å². The lowest BCUT2D eigenvalue weighted by Gasteiger charge is -2.32. The van der Waals surface area contributed by atoms with Gasteiger partial charge in [-0.1, -0.05) is 152 Å². The summed E-state index contributed by atoms with van der Waals surface area (Å²) in [7, 11) is 0. The Balaban J connectivity index is 1.19. The third kappa shape index (κ3) is 3.82. The molecule has 8 aromatic carbocycles. The molecule has 1 aromatic heterocycles. The topological polar surface area (TPSA) is 16.4 Å². The molecule has 0 radical (unpaired) electrons. The molecule has 2 heteroatoms. The van der Waals surface area contributed by atoms with Crippen molar-refractivity contribution in [3.63, 3.8) is 0 Å². The molecule has 0 atom stereocenters. The molecule has 0 fully saturated rings. The van der Waals surface area contributed by atoms with Crippen molar-refractivity contribution in [2.24, 2.45) is 0 Å². The Hall–Kier alpha value is -6.64. The van der Waals surface area contributed by atoms with Crippen LogP contribution >= 0.6 is 0 Å². The molecule has 0 unspecified atom stereocenters. The average Bonchev–Trinajstić information content (AvgIpc) is 3.83. The van der Waals surface area contributed by atoms with Gasteiger partial charge in [0.15, 0.2) is 0 Å². The van der Waals surface area contributed by atoms with Gasteiger partial charge in [-0.2, -0.15) is 0 Å². The largest absolute Gasteiger partial charge is 0.455 e. The summed E-state index contributed by atoms with van der Waals surface area (Å²) >= 11 is 0. The second kappa shape index (κ2) is 10.7. The highest BCUT2D eigenvalue weighted by Crippen LogP contribution is 2.63. The Labute approximate surface area is 296 Å². The van der Waals surface area contributed by atoms with Crippen molar-refractivity contribution < 1.29 is 4.42 Å². The van der Waals surface area contributed by atoms with Crippen molar-refractivity contribution >= 4 is 39.0 Å². The molecule has 2 nitrogen and oxygen atoms in total. The van der Waals surface area contributed by atoms with Crippen LogP contribution in [0.5, 0.6) is 0 Å². The Bertz CT molecular complexity index is 2760. The molecule has 0 N–H and O–H groups in total. The quantitative estimate of drug-likeness (QED) is 0.189. The summed E-state index contributed by atoms with van der Waals surface area (Å²) in [5.41, 5.74) is 17.4. The lowest BCUT2D eigenvalue weighted by atomic mass is 9.70. The molecule has 1 spiro atoms. The van der Waals surface area contributed by atoms with Gasteiger partial charge in [-0.05, 0) is 80.9 Å². The monoisotopic (exact) mass is 649 g/mol. The van der Waals surface area contributed by atoms with Gasteiger partial charge in [-0.15, -0.1) is 0 Å². The molecule has 2 aliphatic rings. The number of hydrogen-bond donors (Lipinski definition) is 0. The summed E-state index contributed by atoms with van der Waals surface area (Å²) in [5.74, 6) is 0. The maximum absolute atomic E-state index is 6.59. The fraction of sp³-hybridized carbons (Fsp3) is 0.0204. The zero-order valence-electron chi connectivity index (χ0n) is 27.8. The molecule has 238 valence electrons. The summed E-state index contributed by atoms with van der Waals surface area (Å²) in [6, 6.07) is 68.4. The standard InChI is InChI=1S/C49H31NO/c1-2-15-32(16-3-1)50(46-27-12-7-20-38(46)40-22-14-23-41-39-21-8-13-28-47(39)51-48(40)41)33-29-30-37-36-19-6-11-26-44(36)49(45(37)31-33)42-24-9-4-17-34(42)35-18-5-10-25-43(35)49/h1-31H. The van der Waals surface area contributed by atoms with E-state index in [-0.39, 0.29) is 0 Å². The van der Waals surface area contributed by atoms with E-state index in [4.69, 9.17) is 4.42 Å². The van der Waals surface area contributed by atoms with Crippen molar-refractivity contribution in [1.29, 1.82) is 0 Å². The van der Waals surface area contributed by atoms with E-state index in [0.717, 1.165) is 50.1 Å². The molecule has 11 rings (SSSR count). The van der Waals surface area contributed by atoms with Crippen molar-refractivity contribution in [2.45, 2.75) is 5.41 Å². The maximum atomic E-state index is 6.59. The van der Waals surface area contributed by atoms with Crippen LogP contribution in [0.15, 0.2) is 192 Å². The van der Waals surface area contributed by atoms with Crippen molar-refractivity contribution in [2.75, 3.05) is 4.90 Å². The summed E-state index contributed by atoms with van der Waals surface area (Å²) in [4.78, 5) is 2.42. The molecule has 9 aromatic rings. The Kier molecular flexibility index (Phi) is 5.91. The Morgan fingerprint density at radius 3 is 1.59 bits per heavy atom. The van der Waals surface area contributed by atoms with Gasteiger partial charge in [0.25, 0.3) is 0 Å². The maximum Gasteiger partial charge on any atom is 0.143 e. The second-order valence-electron chi connectivity index (χ2n) is 13.6. The molecular formula is C49H31NO. The molecule has 0 saturated carbocycles. The molecule has 0 aliphatic heterocycles. The fourth-order valence-electron chi connectivity index (χ4n) is 9.08. The van der Waals surface area contributed by atoms with Gasteiger partial charge < -0.3 is 9.32 Å². The van der Waals surface area contributed by atoms with Crippen LogP contribution in [-0.4, -0.2) is 0 Å². The van der Waals surface area contributed by atoms with E-state index in [1.165, 1.54) is 44.5 Å². The summed E-state index contributed by atoms with van der Waals surface area (Å²) in [6.07, 6.45) is 0. The lowest BCUT2D eigenvalue weighted by molar-refractivity contribution is 0.670. The van der Waals surface area contributed by atoms with Crippen LogP contribution in [-0.2, 0) is 5.41 Å². The minimum absolute atomic E-state index is 0.420. The minimum Gasteiger partial charge on any atom is -0.455 e. The summed E-state index contributed by atoms with van der Waals surface area (Å²) in [5, 5.41) is 2.26. The molecule has 51 heavy (non-hydrogen) atoms. The number of rotatable bonds is 4. The minimum atomic E-state index is -0.420. The van der Waals surface area contributed by atoms with Crippen LogP contribution in [0.1, 0.15) is 22.3 Å². The van der Waals surface area contributed by atoms with Crippen LogP contribution < -0.4 is 4.90 Å².